The highest BCUT2D eigenvalue weighted by atomic mass is 32.2. The number of aromatic nitrogens is 3. The Morgan fingerprint density at radius 3 is 2.52 bits per heavy atom. The number of amides is 1. The molecule has 3 saturated carbocycles. The molecule has 1 atom stereocenters. The number of piperazine rings is 1. The second-order valence-corrected chi connectivity index (χ2v) is 26.1. The van der Waals surface area contributed by atoms with E-state index in [9.17, 15) is 23.5 Å². The number of rotatable bonds is 16. The second-order valence-electron chi connectivity index (χ2n) is 24.4. The molecule has 3 aliphatic heterocycles. The van der Waals surface area contributed by atoms with Crippen LogP contribution in [0.1, 0.15) is 135 Å². The first-order valence-electron chi connectivity index (χ1n) is 28.8. The number of ether oxygens (including phenoxy) is 3. The van der Waals surface area contributed by atoms with Crippen LogP contribution in [0.2, 0.25) is 0 Å². The molecule has 4 N–H and O–H groups in total. The summed E-state index contributed by atoms with van der Waals surface area (Å²) in [7, 11) is -1.94. The molecule has 12 rings (SSSR count). The topological polar surface area (TPSA) is 210 Å². The number of aliphatic hydroxyl groups is 1. The van der Waals surface area contributed by atoms with Crippen molar-refractivity contribution in [2.24, 2.45) is 11.3 Å². The van der Waals surface area contributed by atoms with E-state index in [4.69, 9.17) is 14.2 Å². The molecule has 81 heavy (non-hydrogen) atoms. The normalized spacial score (nSPS) is 23.2. The number of sulfonamides is 1. The Morgan fingerprint density at radius 1 is 1.00 bits per heavy atom. The Balaban J connectivity index is 0.750. The standard InChI is InChI=1S/C61H74FN10O8S/c1-38(2)44-8-6-7-9-45(44)51-36-70(35-40-16-23-63-58-54(40)66-37-61(80-58)19-20-61)26-27-72(51)42-31-60(32-42)21-24-71(25-22-60)41-10-11-46(52(28-41)79-53-30-47-48(62)12-13-49(47)67-57(53)78-5)56(73)68-81(76,77)43-29-50(69(4)75)55(65-34-43)64-33-39-14-17-59(3,74)18-15-39/h6-12,16,23,28-30,34,38-39,42,51,66,74H,13-15,17-22,24-27,31-33,35-37H2,1-5H3,(H,64,65)(H,68,73)/q-1/t39?,51-,59?/m0/s1. The third kappa shape index (κ3) is 11.3. The van der Waals surface area contributed by atoms with Crippen LogP contribution in [0.3, 0.4) is 0 Å². The van der Waals surface area contributed by atoms with E-state index in [1.165, 1.54) is 55.1 Å². The van der Waals surface area contributed by atoms with Gasteiger partial charge in [0, 0.05) is 94.0 Å². The molecule has 7 aliphatic rings. The maximum absolute atomic E-state index is 15.0. The Labute approximate surface area is 474 Å². The van der Waals surface area contributed by atoms with Crippen LogP contribution in [-0.2, 0) is 23.0 Å². The lowest BCUT2D eigenvalue weighted by molar-refractivity contribution is -0.0628. The van der Waals surface area contributed by atoms with Gasteiger partial charge in [-0.1, -0.05) is 38.1 Å². The number of nitrogens with one attached hydrogen (secondary N) is 3. The Hall–Kier alpha value is -6.58. The summed E-state index contributed by atoms with van der Waals surface area (Å²) in [5, 5.41) is 30.6. The van der Waals surface area contributed by atoms with E-state index >= 15 is 4.39 Å². The maximum Gasteiger partial charge on any atom is 0.268 e. The second kappa shape index (κ2) is 21.6. The lowest BCUT2D eigenvalue weighted by atomic mass is 9.59. The van der Waals surface area contributed by atoms with Gasteiger partial charge in [0.25, 0.3) is 21.8 Å². The van der Waals surface area contributed by atoms with Crippen molar-refractivity contribution >= 4 is 44.6 Å². The molecule has 5 fully saturated rings. The Kier molecular flexibility index (Phi) is 14.7. The van der Waals surface area contributed by atoms with Crippen LogP contribution in [0, 0.1) is 16.5 Å². The molecular formula is C61H74FN10O8S-. The highest BCUT2D eigenvalue weighted by Gasteiger charge is 2.51. The first kappa shape index (κ1) is 55.0. The summed E-state index contributed by atoms with van der Waals surface area (Å²) in [6.45, 7) is 12.9. The number of anilines is 4. The number of hydrogen-bond donors (Lipinski definition) is 4. The first-order valence-corrected chi connectivity index (χ1v) is 30.3. The highest BCUT2D eigenvalue weighted by Crippen LogP contribution is 2.54. The molecule has 0 unspecified atom stereocenters. The zero-order valence-electron chi connectivity index (χ0n) is 47.0. The molecule has 0 radical (unpaired) electrons. The summed E-state index contributed by atoms with van der Waals surface area (Å²) >= 11 is 0. The van der Waals surface area contributed by atoms with Crippen LogP contribution in [-0.4, -0.2) is 121 Å². The molecule has 2 aromatic carbocycles. The van der Waals surface area contributed by atoms with Gasteiger partial charge in [0.05, 0.1) is 36.2 Å². The minimum absolute atomic E-state index is 0.0143. The van der Waals surface area contributed by atoms with Gasteiger partial charge in [-0.2, -0.15) is 0 Å². The van der Waals surface area contributed by atoms with Gasteiger partial charge in [0.2, 0.25) is 5.88 Å². The maximum atomic E-state index is 15.0. The number of methoxy groups -OCH3 is 1. The molecule has 20 heteroatoms. The summed E-state index contributed by atoms with van der Waals surface area (Å²) in [6, 6.07) is 19.5. The van der Waals surface area contributed by atoms with Crippen molar-refractivity contribution in [1.29, 1.82) is 0 Å². The van der Waals surface area contributed by atoms with Gasteiger partial charge in [0.1, 0.15) is 33.6 Å². The van der Waals surface area contributed by atoms with Crippen LogP contribution in [0.25, 0.3) is 5.83 Å². The van der Waals surface area contributed by atoms with Gasteiger partial charge < -0.3 is 45.1 Å². The van der Waals surface area contributed by atoms with E-state index in [-0.39, 0.29) is 69.4 Å². The SMILES string of the molecule is COc1nc2c(cc1Oc1cc(N3CCC4(CC3)CC(N3CCN(Cc5ccnc6c5NCC5(CC5)O6)C[C@H]3c3ccccc3C(C)C)C4)ccc1C(=O)NS(=O)(=O)c1cnc(NCC3CCC(C)(O)CC3)c(N(C)[O-])c1)C(F)=CC2. The number of carbonyl (C=O) groups excluding carboxylic acids is 1. The minimum atomic E-state index is -4.60. The van der Waals surface area contributed by atoms with Crippen molar-refractivity contribution < 1.29 is 36.9 Å². The van der Waals surface area contributed by atoms with Crippen LogP contribution in [0.5, 0.6) is 23.3 Å². The van der Waals surface area contributed by atoms with Gasteiger partial charge in [0.15, 0.2) is 5.75 Å². The smallest absolute Gasteiger partial charge is 0.268 e. The van der Waals surface area contributed by atoms with E-state index in [1.54, 1.807) is 12.1 Å². The molecule has 430 valence electrons. The third-order valence-electron chi connectivity index (χ3n) is 18.4. The van der Waals surface area contributed by atoms with E-state index in [2.05, 4.69) is 89.2 Å². The summed E-state index contributed by atoms with van der Waals surface area (Å²) < 4.78 is 63.8. The lowest BCUT2D eigenvalue weighted by Crippen LogP contribution is -2.60. The van der Waals surface area contributed by atoms with E-state index in [0.717, 1.165) is 121 Å². The predicted octanol–water partition coefficient (Wildman–Crippen LogP) is 9.71. The minimum Gasteiger partial charge on any atom is -0.758 e. The molecule has 4 aliphatic carbocycles. The number of allylic oxidation sites excluding steroid dienone is 1. The summed E-state index contributed by atoms with van der Waals surface area (Å²) in [5.74, 6) is 0.236. The Morgan fingerprint density at radius 2 is 1.78 bits per heavy atom. The van der Waals surface area contributed by atoms with Crippen molar-refractivity contribution in [3.05, 3.63) is 118 Å². The number of fused-ring (bicyclic) bond motifs is 2. The summed E-state index contributed by atoms with van der Waals surface area (Å²) in [5.41, 5.74) is 5.82. The third-order valence-corrected chi connectivity index (χ3v) is 19.7. The van der Waals surface area contributed by atoms with Crippen molar-refractivity contribution in [3.8, 4) is 23.3 Å². The number of hydrogen-bond acceptors (Lipinski definition) is 17. The fourth-order valence-corrected chi connectivity index (χ4v) is 14.3. The number of benzene rings is 2. The average molecular weight is 1130 g/mol. The molecule has 0 bridgehead atoms. The Bertz CT molecular complexity index is 3350. The van der Waals surface area contributed by atoms with E-state index in [0.29, 0.717) is 42.1 Å². The lowest BCUT2D eigenvalue weighted by Gasteiger charge is -2.58. The molecule has 2 saturated heterocycles. The molecule has 3 aromatic heterocycles. The van der Waals surface area contributed by atoms with Crippen LogP contribution in [0.4, 0.5) is 27.3 Å². The fraction of sp³-hybridized carbons (Fsp3) is 0.508. The molecule has 2 spiro atoms. The van der Waals surface area contributed by atoms with E-state index < -0.39 is 32.3 Å². The zero-order valence-corrected chi connectivity index (χ0v) is 47.8. The highest BCUT2D eigenvalue weighted by molar-refractivity contribution is 7.90. The van der Waals surface area contributed by atoms with Gasteiger partial charge in [-0.15, -0.1) is 0 Å². The first-order chi connectivity index (χ1) is 38.9. The van der Waals surface area contributed by atoms with Crippen molar-refractivity contribution in [2.75, 3.05) is 80.6 Å². The number of piperidine rings is 1. The number of nitrogens with zero attached hydrogens (tertiary/aromatic N) is 7. The number of pyridine rings is 3. The van der Waals surface area contributed by atoms with Gasteiger partial charge in [-0.3, -0.25) is 14.6 Å². The summed E-state index contributed by atoms with van der Waals surface area (Å²) in [4.78, 5) is 35.1. The quantitative estimate of drug-likeness (QED) is 0.0678. The largest absolute Gasteiger partial charge is 0.758 e. The fourth-order valence-electron chi connectivity index (χ4n) is 13.3. The van der Waals surface area contributed by atoms with Crippen molar-refractivity contribution in [2.45, 2.75) is 132 Å². The summed E-state index contributed by atoms with van der Waals surface area (Å²) in [6.07, 6.45) is 13.9. The molecule has 6 heterocycles. The number of carbonyl (C=O) groups is 1. The monoisotopic (exact) mass is 1130 g/mol. The van der Waals surface area contributed by atoms with Crippen LogP contribution in [0.15, 0.2) is 84.0 Å². The van der Waals surface area contributed by atoms with Gasteiger partial charge in [-0.05, 0) is 149 Å². The van der Waals surface area contributed by atoms with Gasteiger partial charge in [-0.25, -0.2) is 32.5 Å². The zero-order chi connectivity index (χ0) is 56.4. The molecule has 1 amide bonds. The predicted molar refractivity (Wildman–Crippen MR) is 309 cm³/mol. The van der Waals surface area contributed by atoms with E-state index in [1.807, 2.05) is 13.1 Å². The molecular weight excluding hydrogens is 1050 g/mol. The van der Waals surface area contributed by atoms with Gasteiger partial charge >= 0.3 is 0 Å². The molecule has 18 nitrogen and oxygen atoms in total. The molecule has 5 aromatic rings. The van der Waals surface area contributed by atoms with Crippen molar-refractivity contribution in [1.82, 2.24) is 29.5 Å². The van der Waals surface area contributed by atoms with Crippen LogP contribution < -0.4 is 39.5 Å². The van der Waals surface area contributed by atoms with Crippen LogP contribution >= 0.6 is 0 Å². The van der Waals surface area contributed by atoms with Crippen molar-refractivity contribution in [3.63, 3.8) is 0 Å². The number of hydroxylamine groups is 1. The average Bonchev–Trinajstić information content (AvgIpc) is 4.29. The number of halogens is 1.